The third-order valence-corrected chi connectivity index (χ3v) is 3.10. The van der Waals surface area contributed by atoms with Gasteiger partial charge in [-0.1, -0.05) is 11.3 Å². The number of hydrogen-bond donors (Lipinski definition) is 1. The maximum Gasteiger partial charge on any atom is 0.411 e. The molecule has 0 aliphatic rings. The molecule has 96 valence electrons. The number of nitrogens with two attached hydrogens (primary N) is 1. The highest BCUT2D eigenvalue weighted by atomic mass is 32.1. The number of amides is 1. The first-order valence-corrected chi connectivity index (χ1v) is 6.41. The predicted octanol–water partition coefficient (Wildman–Crippen LogP) is 1.74. The molecular weight excluding hydrogens is 252 g/mol. The molecule has 2 heterocycles. The number of carbonyl (C=O) groups excluding carboxylic acids is 1. The minimum Gasteiger partial charge on any atom is -0.381 e. The molecule has 0 spiro atoms. The highest BCUT2D eigenvalue weighted by molar-refractivity contribution is 7.11. The standard InChI is InChI=1S/C11H14N4O2S/c1-8-5-15(7-13-8)4-2-3-9-6-18-11(14-9)17-10(12)16/h5-7H,2-4H2,1H3,(H2,12,16). The molecule has 0 aromatic carbocycles. The summed E-state index contributed by atoms with van der Waals surface area (Å²) in [6.07, 6.45) is 4.77. The van der Waals surface area contributed by atoms with E-state index in [4.69, 9.17) is 10.5 Å². The first-order valence-electron chi connectivity index (χ1n) is 5.53. The van der Waals surface area contributed by atoms with Crippen molar-refractivity contribution in [2.45, 2.75) is 26.3 Å². The van der Waals surface area contributed by atoms with Crippen molar-refractivity contribution in [2.24, 2.45) is 5.73 Å². The largest absolute Gasteiger partial charge is 0.411 e. The van der Waals surface area contributed by atoms with Crippen molar-refractivity contribution in [3.05, 3.63) is 29.3 Å². The van der Waals surface area contributed by atoms with Gasteiger partial charge >= 0.3 is 6.09 Å². The van der Waals surface area contributed by atoms with Crippen LogP contribution in [0.15, 0.2) is 17.9 Å². The van der Waals surface area contributed by atoms with Crippen LogP contribution in [0.25, 0.3) is 0 Å². The number of ether oxygens (including phenoxy) is 1. The van der Waals surface area contributed by atoms with Crippen LogP contribution in [0, 0.1) is 6.92 Å². The van der Waals surface area contributed by atoms with Crippen LogP contribution in [0.2, 0.25) is 0 Å². The summed E-state index contributed by atoms with van der Waals surface area (Å²) in [7, 11) is 0. The summed E-state index contributed by atoms with van der Waals surface area (Å²) >= 11 is 1.27. The van der Waals surface area contributed by atoms with Gasteiger partial charge in [-0.25, -0.2) is 14.8 Å². The zero-order valence-electron chi connectivity index (χ0n) is 10.00. The Morgan fingerprint density at radius 2 is 2.44 bits per heavy atom. The van der Waals surface area contributed by atoms with Crippen LogP contribution in [0.4, 0.5) is 4.79 Å². The van der Waals surface area contributed by atoms with Gasteiger partial charge in [0.25, 0.3) is 5.19 Å². The van der Waals surface area contributed by atoms with Crippen LogP contribution >= 0.6 is 11.3 Å². The number of nitrogens with zero attached hydrogens (tertiary/aromatic N) is 3. The molecule has 0 bridgehead atoms. The van der Waals surface area contributed by atoms with E-state index in [1.807, 2.05) is 29.4 Å². The van der Waals surface area contributed by atoms with Crippen LogP contribution in [-0.2, 0) is 13.0 Å². The van der Waals surface area contributed by atoms with E-state index in [2.05, 4.69) is 9.97 Å². The van der Waals surface area contributed by atoms with Crippen molar-refractivity contribution in [2.75, 3.05) is 0 Å². The maximum atomic E-state index is 10.5. The Morgan fingerprint density at radius 3 is 3.11 bits per heavy atom. The van der Waals surface area contributed by atoms with E-state index in [1.54, 1.807) is 0 Å². The first-order chi connectivity index (χ1) is 8.63. The molecule has 0 saturated carbocycles. The number of thiazole rings is 1. The van der Waals surface area contributed by atoms with Gasteiger partial charge in [0, 0.05) is 18.1 Å². The summed E-state index contributed by atoms with van der Waals surface area (Å²) in [6.45, 7) is 2.86. The maximum absolute atomic E-state index is 10.5. The Hall–Kier alpha value is -1.89. The van der Waals surface area contributed by atoms with E-state index >= 15 is 0 Å². The van der Waals surface area contributed by atoms with Gasteiger partial charge in [0.05, 0.1) is 17.7 Å². The lowest BCUT2D eigenvalue weighted by Gasteiger charge is -1.99. The highest BCUT2D eigenvalue weighted by Gasteiger charge is 2.05. The molecule has 1 amide bonds. The fraction of sp³-hybridized carbons (Fsp3) is 0.364. The van der Waals surface area contributed by atoms with Crippen LogP contribution in [0.5, 0.6) is 5.19 Å². The third-order valence-electron chi connectivity index (χ3n) is 2.33. The second-order valence-corrected chi connectivity index (χ2v) is 4.70. The van der Waals surface area contributed by atoms with E-state index in [-0.39, 0.29) is 0 Å². The SMILES string of the molecule is Cc1cn(CCCc2csc(OC(N)=O)n2)cn1. The third kappa shape index (κ3) is 3.56. The topological polar surface area (TPSA) is 83.0 Å². The van der Waals surface area contributed by atoms with Crippen molar-refractivity contribution in [3.63, 3.8) is 0 Å². The normalized spacial score (nSPS) is 10.5. The van der Waals surface area contributed by atoms with Crippen molar-refractivity contribution in [1.82, 2.24) is 14.5 Å². The van der Waals surface area contributed by atoms with E-state index in [9.17, 15) is 4.79 Å². The number of rotatable bonds is 5. The van der Waals surface area contributed by atoms with E-state index in [1.165, 1.54) is 11.3 Å². The molecule has 2 aromatic heterocycles. The Kier molecular flexibility index (Phi) is 3.93. The zero-order chi connectivity index (χ0) is 13.0. The van der Waals surface area contributed by atoms with Crippen molar-refractivity contribution in [1.29, 1.82) is 0 Å². The Morgan fingerprint density at radius 1 is 1.61 bits per heavy atom. The van der Waals surface area contributed by atoms with Crippen molar-refractivity contribution >= 4 is 17.4 Å². The summed E-state index contributed by atoms with van der Waals surface area (Å²) in [5.41, 5.74) is 6.83. The molecule has 0 aliphatic carbocycles. The van der Waals surface area contributed by atoms with Gasteiger partial charge in [0.2, 0.25) is 0 Å². The molecular formula is C11H14N4O2S. The lowest BCUT2D eigenvalue weighted by Crippen LogP contribution is -2.16. The molecule has 18 heavy (non-hydrogen) atoms. The number of primary amides is 1. The first kappa shape index (κ1) is 12.6. The summed E-state index contributed by atoms with van der Waals surface area (Å²) in [6, 6.07) is 0. The van der Waals surface area contributed by atoms with Gasteiger partial charge in [-0.2, -0.15) is 0 Å². The Balaban J connectivity index is 1.79. The molecule has 2 N–H and O–H groups in total. The molecule has 2 rings (SSSR count). The molecule has 0 unspecified atom stereocenters. The molecule has 0 aliphatic heterocycles. The fourth-order valence-corrected chi connectivity index (χ4v) is 2.28. The van der Waals surface area contributed by atoms with Gasteiger partial charge in [-0.05, 0) is 19.8 Å². The Labute approximate surface area is 108 Å². The predicted molar refractivity (Wildman–Crippen MR) is 67.6 cm³/mol. The van der Waals surface area contributed by atoms with Crippen LogP contribution in [0.3, 0.4) is 0 Å². The summed E-state index contributed by atoms with van der Waals surface area (Å²) in [5, 5.41) is 2.17. The van der Waals surface area contributed by atoms with Crippen LogP contribution < -0.4 is 10.5 Å². The number of carbonyl (C=O) groups is 1. The summed E-state index contributed by atoms with van der Waals surface area (Å²) in [5.74, 6) is 0. The second-order valence-electron chi connectivity index (χ2n) is 3.88. The van der Waals surface area contributed by atoms with E-state index in [0.717, 1.165) is 30.8 Å². The van der Waals surface area contributed by atoms with Crippen molar-refractivity contribution < 1.29 is 9.53 Å². The van der Waals surface area contributed by atoms with Gasteiger partial charge < -0.3 is 15.0 Å². The number of aromatic nitrogens is 3. The van der Waals surface area contributed by atoms with Gasteiger partial charge in [-0.15, -0.1) is 0 Å². The average Bonchev–Trinajstić information content (AvgIpc) is 2.88. The molecule has 0 fully saturated rings. The van der Waals surface area contributed by atoms with Crippen LogP contribution in [0.1, 0.15) is 17.8 Å². The average molecular weight is 266 g/mol. The Bertz CT molecular complexity index is 535. The zero-order valence-corrected chi connectivity index (χ0v) is 10.8. The molecule has 0 atom stereocenters. The lowest BCUT2D eigenvalue weighted by atomic mass is 10.2. The lowest BCUT2D eigenvalue weighted by molar-refractivity contribution is 0.210. The molecule has 7 heteroatoms. The molecule has 2 aromatic rings. The number of imidazole rings is 1. The molecule has 6 nitrogen and oxygen atoms in total. The fourth-order valence-electron chi connectivity index (χ4n) is 1.57. The smallest absolute Gasteiger partial charge is 0.381 e. The summed E-state index contributed by atoms with van der Waals surface area (Å²) < 4.78 is 6.74. The van der Waals surface area contributed by atoms with Crippen LogP contribution in [-0.4, -0.2) is 20.6 Å². The molecule has 0 radical (unpaired) electrons. The van der Waals surface area contributed by atoms with Gasteiger partial charge in [0.15, 0.2) is 0 Å². The van der Waals surface area contributed by atoms with Gasteiger partial charge in [0.1, 0.15) is 0 Å². The summed E-state index contributed by atoms with van der Waals surface area (Å²) in [4.78, 5) is 18.9. The molecule has 0 saturated heterocycles. The van der Waals surface area contributed by atoms with Gasteiger partial charge in [-0.3, -0.25) is 0 Å². The minimum absolute atomic E-state index is 0.302. The van der Waals surface area contributed by atoms with Crippen molar-refractivity contribution in [3.8, 4) is 5.19 Å². The minimum atomic E-state index is -0.829. The highest BCUT2D eigenvalue weighted by Crippen LogP contribution is 2.19. The van der Waals surface area contributed by atoms with E-state index in [0.29, 0.717) is 5.19 Å². The number of hydrogen-bond acceptors (Lipinski definition) is 5. The number of aryl methyl sites for hydroxylation is 3. The monoisotopic (exact) mass is 266 g/mol. The van der Waals surface area contributed by atoms with E-state index < -0.39 is 6.09 Å². The quantitative estimate of drug-likeness (QED) is 0.893. The second kappa shape index (κ2) is 5.63.